The van der Waals surface area contributed by atoms with Crippen LogP contribution in [0.5, 0.6) is 0 Å². The maximum absolute atomic E-state index is 14.6. The SMILES string of the molecule is C=CCNC(=S)N[C@H]1C=C[C@]2(O[C@H]([C@@H](CC)C(=O)[C@@H](C)[C@@H](O)[C@H](C)[C@@H]3O[C@@H]([C@@H](CC)C(=O)[O-])CC[C@@H]3C)[C@@H](C)C[C@H]2C)O[C@@]12CC[C@@](C)([C@H]1CC[C@](O)(CC)[C@H](C)O1)O2.[Na+]. The summed E-state index contributed by atoms with van der Waals surface area (Å²) in [4.78, 5) is 26.5. The van der Waals surface area contributed by atoms with Crippen molar-refractivity contribution in [2.24, 2.45) is 41.4 Å². The van der Waals surface area contributed by atoms with E-state index >= 15 is 0 Å². The molecule has 14 heteroatoms. The molecule has 4 saturated heterocycles. The van der Waals surface area contributed by atoms with Crippen LogP contribution in [-0.2, 0) is 33.3 Å². The quantitative estimate of drug-likeness (QED) is 0.108. The van der Waals surface area contributed by atoms with Gasteiger partial charge in [0.25, 0.3) is 0 Å². The summed E-state index contributed by atoms with van der Waals surface area (Å²) >= 11 is 5.69. The van der Waals surface area contributed by atoms with E-state index in [0.29, 0.717) is 63.0 Å². The third-order valence-corrected chi connectivity index (χ3v) is 15.4. The number of aliphatic hydroxyl groups is 2. The van der Waals surface area contributed by atoms with Gasteiger partial charge in [0.05, 0.1) is 47.8 Å². The summed E-state index contributed by atoms with van der Waals surface area (Å²) < 4.78 is 34.6. The molecule has 0 radical (unpaired) electrons. The predicted octanol–water partition coefficient (Wildman–Crippen LogP) is 2.52. The number of thiocarbonyl (C=S) groups is 1. The number of hydrogen-bond acceptors (Lipinski definition) is 11. The topological polar surface area (TPSA) is 168 Å². The average molecular weight is 871 g/mol. The van der Waals surface area contributed by atoms with Gasteiger partial charge in [-0.15, -0.1) is 6.58 Å². The molecule has 0 aromatic carbocycles. The van der Waals surface area contributed by atoms with Crippen molar-refractivity contribution in [3.05, 3.63) is 24.8 Å². The van der Waals surface area contributed by atoms with Gasteiger partial charge in [-0.25, -0.2) is 0 Å². The van der Waals surface area contributed by atoms with Crippen LogP contribution < -0.4 is 45.3 Å². The maximum Gasteiger partial charge on any atom is 1.00 e. The number of nitrogens with one attached hydrogen (secondary N) is 2. The van der Waals surface area contributed by atoms with Crippen molar-refractivity contribution in [1.82, 2.24) is 10.6 Å². The van der Waals surface area contributed by atoms with Crippen molar-refractivity contribution >= 4 is 29.1 Å². The van der Waals surface area contributed by atoms with Crippen LogP contribution in [0.4, 0.5) is 0 Å². The van der Waals surface area contributed by atoms with Gasteiger partial charge in [0, 0.05) is 48.5 Å². The van der Waals surface area contributed by atoms with Crippen LogP contribution in [0.1, 0.15) is 133 Å². The Morgan fingerprint density at radius 3 is 2.27 bits per heavy atom. The second kappa shape index (κ2) is 20.9. The number of ether oxygens (including phenoxy) is 5. The molecule has 60 heavy (non-hydrogen) atoms. The molecule has 12 nitrogen and oxygen atoms in total. The number of aliphatic carboxylic acids is 1. The molecule has 5 rings (SSSR count). The molecule has 0 unspecified atom stereocenters. The molecule has 336 valence electrons. The van der Waals surface area contributed by atoms with Gasteiger partial charge in [-0.05, 0) is 102 Å². The fourth-order valence-electron chi connectivity index (χ4n) is 11.0. The molecule has 0 aromatic rings. The monoisotopic (exact) mass is 871 g/mol. The fraction of sp³-hybridized carbons (Fsp3) is 0.848. The third-order valence-electron chi connectivity index (χ3n) is 15.2. The number of carbonyl (C=O) groups is 2. The first-order valence-electron chi connectivity index (χ1n) is 22.6. The zero-order chi connectivity index (χ0) is 43.7. The molecule has 5 heterocycles. The van der Waals surface area contributed by atoms with E-state index in [4.69, 9.17) is 35.9 Å². The molecular weight excluding hydrogens is 796 g/mol. The number of ketones is 1. The Bertz CT molecular complexity index is 1540. The molecular formula is C46H75N2NaO10S. The van der Waals surface area contributed by atoms with E-state index in [-0.39, 0.29) is 65.3 Å². The summed E-state index contributed by atoms with van der Waals surface area (Å²) in [5.41, 5.74) is -1.62. The summed E-state index contributed by atoms with van der Waals surface area (Å²) in [6, 6.07) is -0.481. The first-order chi connectivity index (χ1) is 27.7. The Hall–Kier alpha value is -0.970. The second-order valence-electron chi connectivity index (χ2n) is 19.1. The normalized spacial score (nSPS) is 41.7. The summed E-state index contributed by atoms with van der Waals surface area (Å²) in [7, 11) is 0. The van der Waals surface area contributed by atoms with Gasteiger partial charge in [-0.3, -0.25) is 4.79 Å². The van der Waals surface area contributed by atoms with Gasteiger partial charge in [0.2, 0.25) is 0 Å². The number of carbonyl (C=O) groups excluding carboxylic acids is 2. The van der Waals surface area contributed by atoms with Crippen molar-refractivity contribution in [1.29, 1.82) is 0 Å². The third kappa shape index (κ3) is 10.4. The van der Waals surface area contributed by atoms with Crippen molar-refractivity contribution in [3.8, 4) is 0 Å². The van der Waals surface area contributed by atoms with Gasteiger partial charge in [-0.1, -0.05) is 67.5 Å². The summed E-state index contributed by atoms with van der Waals surface area (Å²) in [6.07, 6.45) is 8.68. The van der Waals surface area contributed by atoms with E-state index in [2.05, 4.69) is 44.9 Å². The average Bonchev–Trinajstić information content (AvgIpc) is 3.54. The molecule has 0 amide bonds. The molecule has 4 N–H and O–H groups in total. The van der Waals surface area contributed by atoms with Crippen LogP contribution in [0.3, 0.4) is 0 Å². The number of Topliss-reactive ketones (excluding diaryl/α,β-unsaturated/α-hetero) is 1. The van der Waals surface area contributed by atoms with Crippen LogP contribution in [-0.4, -0.2) is 99.1 Å². The van der Waals surface area contributed by atoms with Crippen molar-refractivity contribution in [3.63, 3.8) is 0 Å². The number of carboxylic acids is 1. The van der Waals surface area contributed by atoms with Gasteiger partial charge < -0.3 is 54.4 Å². The van der Waals surface area contributed by atoms with E-state index in [1.807, 2.05) is 46.8 Å². The Morgan fingerprint density at radius 1 is 0.983 bits per heavy atom. The van der Waals surface area contributed by atoms with Crippen molar-refractivity contribution < 1.29 is 78.2 Å². The minimum absolute atomic E-state index is 0. The summed E-state index contributed by atoms with van der Waals surface area (Å²) in [5, 5.41) is 42.0. The van der Waals surface area contributed by atoms with Crippen LogP contribution in [0.25, 0.3) is 0 Å². The number of rotatable bonds is 15. The number of aliphatic hydroxyl groups excluding tert-OH is 1. The first kappa shape index (κ1) is 51.7. The van der Waals surface area contributed by atoms with Gasteiger partial charge >= 0.3 is 29.6 Å². The fourth-order valence-corrected chi connectivity index (χ4v) is 11.2. The smallest absolute Gasteiger partial charge is 0.550 e. The molecule has 5 aliphatic rings. The molecule has 18 atom stereocenters. The molecule has 2 spiro atoms. The van der Waals surface area contributed by atoms with E-state index in [1.54, 1.807) is 13.0 Å². The molecule has 0 bridgehead atoms. The Morgan fingerprint density at radius 2 is 1.67 bits per heavy atom. The Labute approximate surface area is 387 Å². The van der Waals surface area contributed by atoms with E-state index in [0.717, 1.165) is 12.8 Å². The maximum atomic E-state index is 14.6. The number of carboxylic acid groups (broad SMARTS) is 1. The van der Waals surface area contributed by atoms with Gasteiger partial charge in [-0.2, -0.15) is 0 Å². The predicted molar refractivity (Wildman–Crippen MR) is 228 cm³/mol. The first-order valence-corrected chi connectivity index (χ1v) is 23.0. The Balaban J connectivity index is 0.00000794. The number of hydrogen-bond donors (Lipinski definition) is 4. The summed E-state index contributed by atoms with van der Waals surface area (Å²) in [5.74, 6) is -6.04. The minimum atomic E-state index is -1.22. The summed E-state index contributed by atoms with van der Waals surface area (Å²) in [6.45, 7) is 24.0. The van der Waals surface area contributed by atoms with Crippen LogP contribution in [0.15, 0.2) is 24.8 Å². The molecule has 4 fully saturated rings. The molecule has 0 aliphatic carbocycles. The zero-order valence-electron chi connectivity index (χ0n) is 38.4. The zero-order valence-corrected chi connectivity index (χ0v) is 41.2. The second-order valence-corrected chi connectivity index (χ2v) is 19.5. The van der Waals surface area contributed by atoms with Crippen molar-refractivity contribution in [2.75, 3.05) is 6.54 Å². The van der Waals surface area contributed by atoms with Gasteiger partial charge in [0.15, 0.2) is 16.7 Å². The largest absolute Gasteiger partial charge is 1.00 e. The minimum Gasteiger partial charge on any atom is -0.550 e. The van der Waals surface area contributed by atoms with E-state index in [1.165, 1.54) is 0 Å². The van der Waals surface area contributed by atoms with Gasteiger partial charge in [0.1, 0.15) is 11.8 Å². The van der Waals surface area contributed by atoms with E-state index < -0.39 is 82.9 Å². The van der Waals surface area contributed by atoms with E-state index in [9.17, 15) is 24.9 Å². The molecule has 0 saturated carbocycles. The standard InChI is InChI=1S/C46H76N2O10S.Na/c1-12-24-47-42(59)48-35-18-21-45(58-46(35)23-22-43(11,57-46)36-19-20-44(53,15-4)31(10)54-36)28(7)25-27(6)40(56-45)33(14-3)38(50)29(8)37(49)30(9)39-26(5)16-17-34(55-39)32(13-2)41(51)52;/h12,18,21,26-37,39-40,49,53H,1,13-17,19-20,22-25H2,2-11H3,(H,51,52)(H2,47,48,59);/q;+1/p-1/t26-,27-,28+,29-,30-,31-,32+,33-,34+,35-,36+,37+,39+,40-,43-,44+,45-,46-;/m0./s1. The van der Waals surface area contributed by atoms with Crippen LogP contribution in [0, 0.1) is 41.4 Å². The Kier molecular flexibility index (Phi) is 18.0. The van der Waals surface area contributed by atoms with Crippen LogP contribution in [0.2, 0.25) is 0 Å². The van der Waals surface area contributed by atoms with Crippen LogP contribution >= 0.6 is 12.2 Å². The van der Waals surface area contributed by atoms with Crippen molar-refractivity contribution in [2.45, 2.75) is 199 Å². The molecule has 0 aromatic heterocycles. The molecule has 5 aliphatic heterocycles.